The molecule has 1 fully saturated rings. The number of unbranched alkanes of at least 4 members (excludes halogenated alkanes) is 1. The molecule has 0 spiro atoms. The molecule has 0 atom stereocenters. The molecule has 95 heavy (non-hydrogen) atoms. The molecule has 3 aliphatic heterocycles. The molecule has 472 valence electrons. The Balaban J connectivity index is 0.582. The lowest BCUT2D eigenvalue weighted by Gasteiger charge is -2.40. The fraction of sp³-hybridized carbons (Fsp3) is 0.205. The second kappa shape index (κ2) is 25.7. The Morgan fingerprint density at radius 3 is 1.40 bits per heavy atom. The minimum absolute atomic E-state index is 0.0200. The maximum atomic E-state index is 12.9. The Hall–Kier alpha value is -11.3. The largest absolute Gasteiger partial charge is 0.494 e. The predicted octanol–water partition coefficient (Wildman–Crippen LogP) is 12.9. The molecule has 12 aromatic rings. The number of amides is 1. The van der Waals surface area contributed by atoms with Gasteiger partial charge in [0.15, 0.2) is 37.2 Å². The number of carbonyl (C=O) groups excluding carboxylic acids is 1. The second-order valence-electron chi connectivity index (χ2n) is 25.6. The number of hydrogen-bond donors (Lipinski definition) is 5. The third-order valence-electron chi connectivity index (χ3n) is 18.3. The number of fused-ring (bicyclic) bond motifs is 10. The van der Waals surface area contributed by atoms with Crippen molar-refractivity contribution >= 4 is 80.0 Å². The normalized spacial score (nSPS) is 13.5. The number of H-pyrrole nitrogens is 4. The number of nitrogens with zero attached hydrogens (tertiary/aromatic N) is 9. The van der Waals surface area contributed by atoms with Crippen LogP contribution < -0.4 is 33.4 Å². The van der Waals surface area contributed by atoms with Gasteiger partial charge in [-0.15, -0.1) is 0 Å². The van der Waals surface area contributed by atoms with Crippen molar-refractivity contribution in [1.29, 1.82) is 0 Å². The summed E-state index contributed by atoms with van der Waals surface area (Å²) in [6.07, 6.45) is 23.4. The number of aromatic amines is 4. The summed E-state index contributed by atoms with van der Waals surface area (Å²) in [4.78, 5) is 51.0. The number of hydrogen-bond acceptors (Lipinski definition) is 8. The first-order valence-corrected chi connectivity index (χ1v) is 32.7. The smallest absolute Gasteiger partial charge is 0.219 e. The lowest BCUT2D eigenvalue weighted by molar-refractivity contribution is -0.890. The van der Waals surface area contributed by atoms with E-state index in [2.05, 4.69) is 209 Å². The van der Waals surface area contributed by atoms with Crippen LogP contribution in [0.1, 0.15) is 48.5 Å². The zero-order chi connectivity index (χ0) is 64.6. The Bertz CT molecular complexity index is 5040. The summed E-state index contributed by atoms with van der Waals surface area (Å²) in [7, 11) is 10.7. The van der Waals surface area contributed by atoms with Gasteiger partial charge in [-0.25, -0.2) is 33.6 Å². The Morgan fingerprint density at radius 1 is 0.453 bits per heavy atom. The van der Waals surface area contributed by atoms with E-state index in [1.165, 1.54) is 5.69 Å². The minimum atomic E-state index is 0.0200. The number of imidazole rings is 2. The molecule has 4 aromatic carbocycles. The number of rotatable bonds is 18. The molecule has 0 aliphatic carbocycles. The second-order valence-corrected chi connectivity index (χ2v) is 25.6. The molecule has 0 saturated carbocycles. The first-order valence-electron chi connectivity index (χ1n) is 32.7. The van der Waals surface area contributed by atoms with Crippen LogP contribution in [0.2, 0.25) is 0 Å². The highest BCUT2D eigenvalue weighted by Crippen LogP contribution is 2.39. The molecule has 0 radical (unpaired) electrons. The zero-order valence-corrected chi connectivity index (χ0v) is 54.2. The zero-order valence-electron chi connectivity index (χ0n) is 54.2. The van der Waals surface area contributed by atoms with Crippen LogP contribution in [0.25, 0.3) is 136 Å². The van der Waals surface area contributed by atoms with Crippen LogP contribution in [0.15, 0.2) is 183 Å². The fourth-order valence-corrected chi connectivity index (χ4v) is 12.9. The van der Waals surface area contributed by atoms with Crippen molar-refractivity contribution in [3.63, 3.8) is 0 Å². The van der Waals surface area contributed by atoms with Crippen LogP contribution >= 0.6 is 0 Å². The number of nitrogens with one attached hydrogen (secondary N) is 5. The van der Waals surface area contributed by atoms with E-state index >= 15 is 0 Å². The predicted molar refractivity (Wildman–Crippen MR) is 377 cm³/mol. The topological polar surface area (TPSA) is 177 Å². The van der Waals surface area contributed by atoms with Gasteiger partial charge in [-0.1, -0.05) is 12.1 Å². The van der Waals surface area contributed by atoms with Gasteiger partial charge >= 0.3 is 0 Å². The van der Waals surface area contributed by atoms with Crippen LogP contribution in [0.5, 0.6) is 11.5 Å². The van der Waals surface area contributed by atoms with E-state index in [-0.39, 0.29) is 5.91 Å². The van der Waals surface area contributed by atoms with E-state index in [9.17, 15) is 4.79 Å². The van der Waals surface area contributed by atoms with Crippen molar-refractivity contribution in [3.05, 3.63) is 206 Å². The molecule has 5 N–H and O–H groups in total. The molecular weight excluding hydrogens is 1180 g/mol. The monoisotopic (exact) mass is 1260 g/mol. The quantitative estimate of drug-likeness (QED) is 0.0320. The number of aryl methyl sites for hydroxylation is 3. The summed E-state index contributed by atoms with van der Waals surface area (Å²) < 4.78 is 19.6. The summed E-state index contributed by atoms with van der Waals surface area (Å²) in [6, 6.07) is 50.4. The summed E-state index contributed by atoms with van der Waals surface area (Å²) in [5.41, 5.74) is 22.1. The van der Waals surface area contributed by atoms with E-state index in [1.54, 1.807) is 0 Å². The Labute approximate surface area is 551 Å². The SMILES string of the molecule is C[n+]1ccc(-c2c3nc(c(-c4cc[n+](C)cc4)c4ccc([nH]4)c(-c4cc[n+](C)cc4)c4nc(c(-c5ccc(OCCCCC(=O)NCCCOc6ccc(-c7nc8ccc(-c9nc%10cc(N%11CC[N+](C)(C)CC%11)ccc%10[nH]9)cc8[nH]7)cc6)cc5)c5ccc2[nH]5)C=C4)C=C3)cc1. The van der Waals surface area contributed by atoms with Gasteiger partial charge in [-0.2, -0.15) is 0 Å². The van der Waals surface area contributed by atoms with Gasteiger partial charge in [0.1, 0.15) is 44.3 Å². The average molecular weight is 1260 g/mol. The van der Waals surface area contributed by atoms with E-state index in [1.807, 2.05) is 77.3 Å². The Morgan fingerprint density at radius 2 is 0.884 bits per heavy atom. The number of likely N-dealkylation sites (N-methyl/N-ethyl adjacent to an activating group) is 1. The lowest BCUT2D eigenvalue weighted by atomic mass is 10.0. The van der Waals surface area contributed by atoms with Crippen molar-refractivity contribution in [1.82, 2.24) is 45.2 Å². The molecular formula is C78H76N14O3+4. The molecule has 15 rings (SSSR count). The molecule has 3 aliphatic rings. The first kappa shape index (κ1) is 60.0. The third-order valence-corrected chi connectivity index (χ3v) is 18.3. The van der Waals surface area contributed by atoms with E-state index in [0.29, 0.717) is 39.0 Å². The van der Waals surface area contributed by atoms with Gasteiger partial charge in [0, 0.05) is 110 Å². The van der Waals surface area contributed by atoms with E-state index < -0.39 is 0 Å². The molecule has 17 nitrogen and oxygen atoms in total. The highest BCUT2D eigenvalue weighted by atomic mass is 16.5. The summed E-state index contributed by atoms with van der Waals surface area (Å²) >= 11 is 0. The van der Waals surface area contributed by atoms with Gasteiger partial charge in [0.25, 0.3) is 0 Å². The molecule has 8 aromatic heterocycles. The number of piperazine rings is 1. The minimum Gasteiger partial charge on any atom is -0.494 e. The maximum Gasteiger partial charge on any atom is 0.219 e. The van der Waals surface area contributed by atoms with Crippen molar-refractivity contribution in [2.75, 3.05) is 64.9 Å². The highest BCUT2D eigenvalue weighted by molar-refractivity contribution is 6.00. The van der Waals surface area contributed by atoms with Gasteiger partial charge in [-0.3, -0.25) is 4.79 Å². The van der Waals surface area contributed by atoms with Crippen LogP contribution in [-0.2, 0) is 25.9 Å². The van der Waals surface area contributed by atoms with Crippen LogP contribution in [-0.4, -0.2) is 110 Å². The van der Waals surface area contributed by atoms with Crippen molar-refractivity contribution < 1.29 is 32.5 Å². The first-order chi connectivity index (χ1) is 46.4. The van der Waals surface area contributed by atoms with Crippen molar-refractivity contribution in [3.8, 4) is 78.8 Å². The standard InChI is InChI=1S/C78H73N14O3/c1-88-37-30-52(31-38-88)74-64-24-22-62(80-64)73(63-23-25-65(81-63)75(53-32-39-89(2)40-33-53)67-27-29-69(83-67)76(68-28-26-66(74)82-68)54-34-41-90(3)42-35-54)51-10-16-58(17-11-51)94-47-7-6-9-72(93)79-36-8-48-95-59-18-12-55(13-19-59)77-84-60-20-14-56(49-70(60)86-77)78-85-61-21-15-57(50-71(61)87-78)91-43-45-92(4,5)46-44-91/h10-35,37-42,49-50H,6-9,36,43-48H2,1-5H3,(H2-,79,80,81,82,83,93)/q+1/p+3. The summed E-state index contributed by atoms with van der Waals surface area (Å²) in [5.74, 6) is 3.15. The Kier molecular flexibility index (Phi) is 16.2. The molecule has 8 bridgehead atoms. The fourth-order valence-electron chi connectivity index (χ4n) is 12.9. The molecule has 1 saturated heterocycles. The number of carbonyl (C=O) groups is 1. The number of pyridine rings is 3. The van der Waals surface area contributed by atoms with Crippen molar-refractivity contribution in [2.45, 2.75) is 25.7 Å². The molecule has 1 amide bonds. The lowest BCUT2D eigenvalue weighted by Crippen LogP contribution is -2.54. The van der Waals surface area contributed by atoms with Gasteiger partial charge < -0.3 is 44.1 Å². The number of anilines is 1. The maximum absolute atomic E-state index is 12.9. The number of ether oxygens (including phenoxy) is 2. The van der Waals surface area contributed by atoms with E-state index in [4.69, 9.17) is 29.4 Å². The number of aromatic nitrogens is 11. The summed E-state index contributed by atoms with van der Waals surface area (Å²) in [5, 5.41) is 3.06. The van der Waals surface area contributed by atoms with Crippen LogP contribution in [0, 0.1) is 0 Å². The number of quaternary nitrogens is 1. The highest BCUT2D eigenvalue weighted by Gasteiger charge is 2.26. The molecule has 11 heterocycles. The molecule has 17 heteroatoms. The van der Waals surface area contributed by atoms with Gasteiger partial charge in [0.05, 0.1) is 98.3 Å². The van der Waals surface area contributed by atoms with E-state index in [0.717, 1.165) is 183 Å². The van der Waals surface area contributed by atoms with Gasteiger partial charge in [0.2, 0.25) is 5.91 Å². The average Bonchev–Trinajstić information content (AvgIpc) is 1.67. The third kappa shape index (κ3) is 12.9. The molecule has 0 unspecified atom stereocenters. The van der Waals surface area contributed by atoms with Crippen molar-refractivity contribution in [2.24, 2.45) is 21.1 Å². The summed E-state index contributed by atoms with van der Waals surface area (Å²) in [6.45, 7) is 5.83. The number of benzene rings is 4. The van der Waals surface area contributed by atoms with Crippen LogP contribution in [0.4, 0.5) is 5.69 Å². The van der Waals surface area contributed by atoms with Gasteiger partial charge in [-0.05, 0) is 163 Å². The van der Waals surface area contributed by atoms with Crippen LogP contribution in [0.3, 0.4) is 0 Å².